The molecule has 1 aliphatic heterocycles. The monoisotopic (exact) mass is 727 g/mol. The lowest BCUT2D eigenvalue weighted by atomic mass is 9.93. The number of alkyl halides is 3. The van der Waals surface area contributed by atoms with Gasteiger partial charge in [0.1, 0.15) is 11.0 Å². The zero-order valence-corrected chi connectivity index (χ0v) is 28.4. The van der Waals surface area contributed by atoms with Crippen molar-refractivity contribution in [3.8, 4) is 11.6 Å². The summed E-state index contributed by atoms with van der Waals surface area (Å²) in [6, 6.07) is 6.95. The summed E-state index contributed by atoms with van der Waals surface area (Å²) in [5.74, 6) is -0.0863. The second-order valence-corrected chi connectivity index (χ2v) is 15.0. The van der Waals surface area contributed by atoms with Crippen LogP contribution in [0.25, 0.3) is 5.82 Å². The summed E-state index contributed by atoms with van der Waals surface area (Å²) in [7, 11) is -4.39. The third kappa shape index (κ3) is 8.55. The largest absolute Gasteiger partial charge is 0.490 e. The Morgan fingerprint density at radius 3 is 2.55 bits per heavy atom. The molecule has 18 heteroatoms. The molecule has 0 radical (unpaired) electrons. The quantitative estimate of drug-likeness (QED) is 0.134. The lowest BCUT2D eigenvalue weighted by Crippen LogP contribution is -2.41. The molecule has 5 rings (SSSR count). The van der Waals surface area contributed by atoms with Gasteiger partial charge in [0.15, 0.2) is 16.6 Å². The highest BCUT2D eigenvalue weighted by Crippen LogP contribution is 2.59. The molecule has 0 spiro atoms. The normalized spacial score (nSPS) is 18.2. The number of nitrogens with zero attached hydrogens (tertiary/aromatic N) is 5. The number of sulfonamides is 1. The molecule has 0 bridgehead atoms. The van der Waals surface area contributed by atoms with E-state index in [9.17, 15) is 36.3 Å². The molecule has 3 N–H and O–H groups in total. The summed E-state index contributed by atoms with van der Waals surface area (Å²) in [6.07, 6.45) is 0.813. The van der Waals surface area contributed by atoms with E-state index in [1.807, 2.05) is 18.6 Å². The van der Waals surface area contributed by atoms with Gasteiger partial charge < -0.3 is 20.1 Å². The van der Waals surface area contributed by atoms with E-state index in [0.29, 0.717) is 18.9 Å². The van der Waals surface area contributed by atoms with Crippen LogP contribution in [-0.4, -0.2) is 81.6 Å². The molecule has 4 heterocycles. The molecule has 3 aromatic rings. The SMILES string of the molecule is CC1(C)CC(CCCCNc2cccc(S(=O)(=O)NC(=O)c3ccc(-n4cc(OCCC5(C(F)(F)F)CC5)cn4)nc3Cl)n2)CN1C(=O)O. The van der Waals surface area contributed by atoms with E-state index in [1.54, 1.807) is 6.07 Å². The zero-order valence-electron chi connectivity index (χ0n) is 26.8. The first-order valence-corrected chi connectivity index (χ1v) is 17.6. The Balaban J connectivity index is 1.11. The van der Waals surface area contributed by atoms with E-state index >= 15 is 0 Å². The van der Waals surface area contributed by atoms with Gasteiger partial charge in [0.25, 0.3) is 15.9 Å². The number of likely N-dealkylation sites (tertiary alicyclic amines) is 1. The summed E-state index contributed by atoms with van der Waals surface area (Å²) in [5, 5.41) is 15.9. The van der Waals surface area contributed by atoms with Gasteiger partial charge >= 0.3 is 12.3 Å². The summed E-state index contributed by atoms with van der Waals surface area (Å²) < 4.78 is 74.1. The Morgan fingerprint density at radius 2 is 1.90 bits per heavy atom. The van der Waals surface area contributed by atoms with E-state index in [0.717, 1.165) is 25.7 Å². The van der Waals surface area contributed by atoms with E-state index in [4.69, 9.17) is 16.3 Å². The number of unbranched alkanes of at least 4 members (excludes halogenated alkanes) is 1. The number of hydrogen-bond acceptors (Lipinski definition) is 9. The van der Waals surface area contributed by atoms with Gasteiger partial charge in [-0.1, -0.05) is 24.1 Å². The third-order valence-corrected chi connectivity index (χ3v) is 10.5. The average Bonchev–Trinajstić information content (AvgIpc) is 3.56. The van der Waals surface area contributed by atoms with Gasteiger partial charge in [-0.3, -0.25) is 4.79 Å². The average molecular weight is 728 g/mol. The van der Waals surface area contributed by atoms with Crippen molar-refractivity contribution in [3.63, 3.8) is 0 Å². The van der Waals surface area contributed by atoms with Gasteiger partial charge in [-0.05, 0) is 82.6 Å². The fraction of sp³-hybridized carbons (Fsp3) is 0.516. The number of rotatable bonds is 14. The maximum atomic E-state index is 13.1. The van der Waals surface area contributed by atoms with Gasteiger partial charge in [-0.2, -0.15) is 26.7 Å². The third-order valence-electron chi connectivity index (χ3n) is 8.94. The minimum absolute atomic E-state index is 0.0856. The maximum Gasteiger partial charge on any atom is 0.407 e. The van der Waals surface area contributed by atoms with Crippen LogP contribution in [0, 0.1) is 11.3 Å². The van der Waals surface area contributed by atoms with E-state index in [2.05, 4.69) is 20.4 Å². The van der Waals surface area contributed by atoms with E-state index in [1.165, 1.54) is 46.2 Å². The molecule has 3 aromatic heterocycles. The van der Waals surface area contributed by atoms with E-state index < -0.39 is 33.6 Å². The molecule has 1 unspecified atom stereocenters. The molecular formula is C31H37ClF3N7O6S. The van der Waals surface area contributed by atoms with Crippen LogP contribution in [0.2, 0.25) is 5.15 Å². The Hall–Kier alpha value is -4.12. The fourth-order valence-electron chi connectivity index (χ4n) is 6.00. The molecule has 2 fully saturated rings. The topological polar surface area (TPSA) is 169 Å². The highest BCUT2D eigenvalue weighted by atomic mass is 35.5. The van der Waals surface area contributed by atoms with Gasteiger partial charge in [-0.15, -0.1) is 0 Å². The maximum absolute atomic E-state index is 13.1. The van der Waals surface area contributed by atoms with Crippen LogP contribution in [-0.2, 0) is 10.0 Å². The molecule has 13 nitrogen and oxygen atoms in total. The summed E-state index contributed by atoms with van der Waals surface area (Å²) in [6.45, 7) is 4.73. The number of ether oxygens (including phenoxy) is 1. The van der Waals surface area contributed by atoms with Crippen molar-refractivity contribution >= 4 is 39.4 Å². The second-order valence-electron chi connectivity index (χ2n) is 13.0. The molecule has 0 aromatic carbocycles. The van der Waals surface area contributed by atoms with Crippen LogP contribution in [0.15, 0.2) is 47.8 Å². The smallest absolute Gasteiger partial charge is 0.407 e. The Bertz CT molecular complexity index is 1800. The first-order valence-electron chi connectivity index (χ1n) is 15.7. The first kappa shape index (κ1) is 36.2. The number of carbonyl (C=O) groups excluding carboxylic acids is 1. The Morgan fingerprint density at radius 1 is 1.14 bits per heavy atom. The number of carbonyl (C=O) groups is 2. The highest BCUT2D eigenvalue weighted by molar-refractivity contribution is 7.90. The molecule has 1 saturated heterocycles. The van der Waals surface area contributed by atoms with Crippen molar-refractivity contribution in [2.75, 3.05) is 25.0 Å². The lowest BCUT2D eigenvalue weighted by Gasteiger charge is -2.28. The van der Waals surface area contributed by atoms with Crippen molar-refractivity contribution in [1.82, 2.24) is 29.4 Å². The predicted octanol–water partition coefficient (Wildman–Crippen LogP) is 5.91. The highest BCUT2D eigenvalue weighted by Gasteiger charge is 2.62. The molecular weight excluding hydrogens is 691 g/mol. The standard InChI is InChI=1S/C31H37ClF3N7O6S/c1-29(2)16-20(18-41(29)28(44)45)6-3-4-14-36-23-7-5-8-25(38-23)49(46,47)40-27(43)22-9-10-24(39-26(22)32)42-19-21(17-37-42)48-15-13-30(11-12-30)31(33,34)35/h5,7-10,17,19-20H,3-4,6,11-16,18H2,1-2H3,(H,36,38)(H,40,43)(H,44,45). The molecule has 2 aliphatic rings. The van der Waals surface area contributed by atoms with Crippen LogP contribution in [0.4, 0.5) is 23.8 Å². The fourth-order valence-corrected chi connectivity index (χ4v) is 7.17. The molecule has 266 valence electrons. The van der Waals surface area contributed by atoms with Crippen LogP contribution < -0.4 is 14.8 Å². The van der Waals surface area contributed by atoms with Crippen LogP contribution >= 0.6 is 11.6 Å². The Labute approximate surface area is 286 Å². The lowest BCUT2D eigenvalue weighted by molar-refractivity contribution is -0.190. The summed E-state index contributed by atoms with van der Waals surface area (Å²) >= 11 is 6.22. The van der Waals surface area contributed by atoms with Crippen molar-refractivity contribution in [2.24, 2.45) is 11.3 Å². The van der Waals surface area contributed by atoms with E-state index in [-0.39, 0.29) is 64.6 Å². The molecule has 49 heavy (non-hydrogen) atoms. The van der Waals surface area contributed by atoms with Crippen LogP contribution in [0.5, 0.6) is 5.75 Å². The Kier molecular flexibility index (Phi) is 10.3. The number of amides is 2. The number of pyridine rings is 2. The number of carboxylic acid groups (broad SMARTS) is 1. The molecule has 2 amide bonds. The first-order chi connectivity index (χ1) is 23.0. The van der Waals surface area contributed by atoms with Gasteiger partial charge in [0, 0.05) is 18.6 Å². The second kappa shape index (κ2) is 14.0. The molecule has 1 saturated carbocycles. The van der Waals surface area contributed by atoms with Gasteiger partial charge in [0.2, 0.25) is 0 Å². The number of halogens is 4. The summed E-state index contributed by atoms with van der Waals surface area (Å²) in [5.41, 5.74) is -2.30. The van der Waals surface area contributed by atoms with Crippen molar-refractivity contribution < 1.29 is 41.0 Å². The van der Waals surface area contributed by atoms with Crippen molar-refractivity contribution in [3.05, 3.63) is 53.4 Å². The zero-order chi connectivity index (χ0) is 35.6. The number of anilines is 1. The van der Waals surface area contributed by atoms with Gasteiger partial charge in [0.05, 0.1) is 30.0 Å². The minimum Gasteiger partial charge on any atom is -0.490 e. The summed E-state index contributed by atoms with van der Waals surface area (Å²) in [4.78, 5) is 34.1. The minimum atomic E-state index is -4.39. The van der Waals surface area contributed by atoms with Crippen molar-refractivity contribution in [1.29, 1.82) is 0 Å². The number of nitrogens with one attached hydrogen (secondary N) is 2. The molecule has 1 aliphatic carbocycles. The number of aromatic nitrogens is 4. The van der Waals surface area contributed by atoms with Crippen molar-refractivity contribution in [2.45, 2.75) is 75.5 Å². The van der Waals surface area contributed by atoms with Crippen LogP contribution in [0.1, 0.15) is 69.2 Å². The molecule has 1 atom stereocenters. The van der Waals surface area contributed by atoms with Crippen LogP contribution in [0.3, 0.4) is 0 Å². The predicted molar refractivity (Wildman–Crippen MR) is 172 cm³/mol. The van der Waals surface area contributed by atoms with Gasteiger partial charge in [-0.25, -0.2) is 24.2 Å². The number of hydrogen-bond donors (Lipinski definition) is 3.